The van der Waals surface area contributed by atoms with Gasteiger partial charge in [-0.2, -0.15) is 4.90 Å². The quantitative estimate of drug-likeness (QED) is 0.130. The average Bonchev–Trinajstić information content (AvgIpc) is 3.61. The predicted octanol–water partition coefficient (Wildman–Crippen LogP) is 7.18. The molecule has 0 saturated carbocycles. The Morgan fingerprint density at radius 2 is 1.43 bits per heavy atom. The van der Waals surface area contributed by atoms with Crippen molar-refractivity contribution in [2.75, 3.05) is 38.8 Å². The lowest BCUT2D eigenvalue weighted by molar-refractivity contribution is -0.134. The van der Waals surface area contributed by atoms with Crippen LogP contribution in [-0.2, 0) is 40.6 Å². The van der Waals surface area contributed by atoms with Crippen molar-refractivity contribution in [3.05, 3.63) is 53.6 Å². The minimum absolute atomic E-state index is 0.0582. The summed E-state index contributed by atoms with van der Waals surface area (Å²) in [5.74, 6) is -0.335. The molecule has 0 aromatic heterocycles. The molecule has 3 rings (SSSR count). The van der Waals surface area contributed by atoms with Gasteiger partial charge in [0.05, 0.1) is 26.2 Å². The number of rotatable bonds is 16. The number of aldehydes is 1. The molecule has 0 spiro atoms. The van der Waals surface area contributed by atoms with Gasteiger partial charge in [0.15, 0.2) is 11.5 Å². The highest BCUT2D eigenvalue weighted by molar-refractivity contribution is 6.12. The summed E-state index contributed by atoms with van der Waals surface area (Å²) in [6, 6.07) is 12.8. The van der Waals surface area contributed by atoms with E-state index in [1.54, 1.807) is 46.4 Å². The number of hydrogen-bond donors (Lipinski definition) is 0. The lowest BCUT2D eigenvalue weighted by atomic mass is 9.73. The number of nitrogens with zero attached hydrogens (tertiary/aromatic N) is 2. The zero-order valence-electron chi connectivity index (χ0n) is 31.4. The maximum absolute atomic E-state index is 14.0. The molecule has 51 heavy (non-hydrogen) atoms. The Kier molecular flexibility index (Phi) is 14.6. The molecule has 1 saturated heterocycles. The van der Waals surface area contributed by atoms with E-state index in [4.69, 9.17) is 23.7 Å². The van der Waals surface area contributed by atoms with Crippen molar-refractivity contribution in [3.8, 4) is 11.5 Å². The van der Waals surface area contributed by atoms with E-state index in [9.17, 15) is 24.0 Å². The molecule has 3 amide bonds. The Morgan fingerprint density at radius 3 is 1.96 bits per heavy atom. The third kappa shape index (κ3) is 11.8. The van der Waals surface area contributed by atoms with Crippen LogP contribution in [0.4, 0.5) is 15.3 Å². The molecule has 0 aliphatic carbocycles. The summed E-state index contributed by atoms with van der Waals surface area (Å²) < 4.78 is 28.4. The molecule has 2 aromatic carbocycles. The lowest BCUT2D eigenvalue weighted by Crippen LogP contribution is -2.46. The van der Waals surface area contributed by atoms with E-state index in [0.29, 0.717) is 43.9 Å². The standard InChI is InChI=1S/C39H54N2O10/c1-37(2,3)50-35(45)41(36(46)51-38(4,5)6)33-30(18-19-31(47-7)34(33)48-8)39(27-42,25-32(44)40-22-12-13-23-40)21-20-29(43)17-14-24-49-26-28-15-10-9-11-16-28/h9-11,15-16,18-19,27H,12-14,17,20-26H2,1-8H3/t39-/m0/s1. The SMILES string of the molecule is COc1ccc([C@@](C=O)(CCC(=O)CCCOCc2ccccc2)CC(=O)N2CCCC2)c(N(C(=O)OC(C)(C)C)C(=O)OC(C)(C)C)c1OC. The smallest absolute Gasteiger partial charge is 0.424 e. The molecule has 12 heteroatoms. The summed E-state index contributed by atoms with van der Waals surface area (Å²) in [6.07, 6.45) is 0.311. The Balaban J connectivity index is 2.08. The Hall–Kier alpha value is -4.45. The van der Waals surface area contributed by atoms with E-state index >= 15 is 0 Å². The van der Waals surface area contributed by atoms with Crippen molar-refractivity contribution in [1.82, 2.24) is 4.90 Å². The molecule has 280 valence electrons. The number of anilines is 1. The van der Waals surface area contributed by atoms with Crippen LogP contribution in [0.15, 0.2) is 42.5 Å². The Morgan fingerprint density at radius 1 is 0.824 bits per heavy atom. The van der Waals surface area contributed by atoms with Crippen LogP contribution in [0.1, 0.15) is 97.6 Å². The molecule has 0 bridgehead atoms. The van der Waals surface area contributed by atoms with Gasteiger partial charge < -0.3 is 33.4 Å². The van der Waals surface area contributed by atoms with Crippen molar-refractivity contribution in [2.45, 2.75) is 110 Å². The molecule has 0 radical (unpaired) electrons. The van der Waals surface area contributed by atoms with Gasteiger partial charge in [-0.15, -0.1) is 0 Å². The number of carbonyl (C=O) groups is 5. The summed E-state index contributed by atoms with van der Waals surface area (Å²) in [4.78, 5) is 70.9. The fourth-order valence-electron chi connectivity index (χ4n) is 5.86. The van der Waals surface area contributed by atoms with Gasteiger partial charge in [0.25, 0.3) is 0 Å². The van der Waals surface area contributed by atoms with Gasteiger partial charge in [-0.3, -0.25) is 9.59 Å². The number of amides is 3. The van der Waals surface area contributed by atoms with E-state index in [0.717, 1.165) is 18.4 Å². The maximum Gasteiger partial charge on any atom is 0.424 e. The first-order chi connectivity index (χ1) is 24.0. The fraction of sp³-hybridized carbons (Fsp3) is 0.564. The van der Waals surface area contributed by atoms with E-state index < -0.39 is 28.8 Å². The van der Waals surface area contributed by atoms with Crippen molar-refractivity contribution in [2.24, 2.45) is 0 Å². The molecule has 1 aliphatic rings. The molecule has 1 fully saturated rings. The molecule has 0 N–H and O–H groups in total. The molecule has 1 aliphatic heterocycles. The zero-order valence-corrected chi connectivity index (χ0v) is 31.4. The van der Waals surface area contributed by atoms with Gasteiger partial charge in [0.1, 0.15) is 29.0 Å². The maximum atomic E-state index is 14.0. The van der Waals surface area contributed by atoms with Crippen LogP contribution in [-0.4, -0.2) is 80.2 Å². The molecule has 0 unspecified atom stereocenters. The largest absolute Gasteiger partial charge is 0.493 e. The van der Waals surface area contributed by atoms with E-state index in [-0.39, 0.29) is 60.1 Å². The fourth-order valence-corrected chi connectivity index (χ4v) is 5.86. The van der Waals surface area contributed by atoms with Crippen molar-refractivity contribution in [3.63, 3.8) is 0 Å². The van der Waals surface area contributed by atoms with Gasteiger partial charge in [-0.05, 0) is 84.4 Å². The van der Waals surface area contributed by atoms with Gasteiger partial charge in [0.2, 0.25) is 5.91 Å². The van der Waals surface area contributed by atoms with Crippen LogP contribution < -0.4 is 14.4 Å². The second kappa shape index (κ2) is 18.2. The van der Waals surface area contributed by atoms with E-state index in [1.165, 1.54) is 26.4 Å². The first kappa shape index (κ1) is 41.0. The molecule has 1 heterocycles. The number of benzene rings is 2. The first-order valence-corrected chi connectivity index (χ1v) is 17.4. The highest BCUT2D eigenvalue weighted by atomic mass is 16.6. The number of ether oxygens (including phenoxy) is 5. The van der Waals surface area contributed by atoms with Crippen molar-refractivity contribution >= 4 is 35.9 Å². The summed E-state index contributed by atoms with van der Waals surface area (Å²) in [7, 11) is 2.72. The van der Waals surface area contributed by atoms with Crippen LogP contribution in [0.2, 0.25) is 0 Å². The number of likely N-dealkylation sites (tertiary alicyclic amines) is 1. The zero-order chi connectivity index (χ0) is 37.8. The minimum Gasteiger partial charge on any atom is -0.493 e. The minimum atomic E-state index is -1.67. The predicted molar refractivity (Wildman–Crippen MR) is 192 cm³/mol. The van der Waals surface area contributed by atoms with Gasteiger partial charge >= 0.3 is 12.2 Å². The number of ketones is 1. The normalized spacial score (nSPS) is 14.3. The highest BCUT2D eigenvalue weighted by Gasteiger charge is 2.45. The Labute approximate surface area is 301 Å². The molecular weight excluding hydrogens is 656 g/mol. The van der Waals surface area contributed by atoms with E-state index in [2.05, 4.69) is 0 Å². The topological polar surface area (TPSA) is 138 Å². The molecular formula is C39H54N2O10. The average molecular weight is 711 g/mol. The number of hydrogen-bond acceptors (Lipinski definition) is 10. The van der Waals surface area contributed by atoms with Crippen LogP contribution in [0.5, 0.6) is 11.5 Å². The second-order valence-electron chi connectivity index (χ2n) is 14.7. The van der Waals surface area contributed by atoms with Crippen LogP contribution in [0.25, 0.3) is 0 Å². The molecule has 12 nitrogen and oxygen atoms in total. The Bertz CT molecular complexity index is 1480. The van der Waals surface area contributed by atoms with Crippen LogP contribution >= 0.6 is 0 Å². The van der Waals surface area contributed by atoms with Crippen LogP contribution in [0, 0.1) is 0 Å². The molecule has 1 atom stereocenters. The third-order valence-corrected chi connectivity index (χ3v) is 8.29. The highest BCUT2D eigenvalue weighted by Crippen LogP contribution is 2.48. The monoisotopic (exact) mass is 710 g/mol. The van der Waals surface area contributed by atoms with Gasteiger partial charge in [-0.25, -0.2) is 9.59 Å². The number of methoxy groups -OCH3 is 2. The van der Waals surface area contributed by atoms with Gasteiger partial charge in [-0.1, -0.05) is 36.4 Å². The second-order valence-corrected chi connectivity index (χ2v) is 14.7. The summed E-state index contributed by atoms with van der Waals surface area (Å²) >= 11 is 0. The van der Waals surface area contributed by atoms with Crippen molar-refractivity contribution < 1.29 is 47.7 Å². The summed E-state index contributed by atoms with van der Waals surface area (Å²) in [5, 5.41) is 0. The lowest BCUT2D eigenvalue weighted by Gasteiger charge is -2.36. The van der Waals surface area contributed by atoms with Gasteiger partial charge in [0, 0.05) is 39.0 Å². The first-order valence-electron chi connectivity index (χ1n) is 17.4. The number of carbonyl (C=O) groups excluding carboxylic acids is 5. The third-order valence-electron chi connectivity index (χ3n) is 8.29. The van der Waals surface area contributed by atoms with E-state index in [1.807, 2.05) is 30.3 Å². The van der Waals surface area contributed by atoms with Crippen molar-refractivity contribution in [1.29, 1.82) is 0 Å². The van der Waals surface area contributed by atoms with Crippen LogP contribution in [0.3, 0.4) is 0 Å². The number of Topliss-reactive ketones (excluding diaryl/α,β-unsaturated/α-hetero) is 1. The number of imide groups is 1. The summed E-state index contributed by atoms with van der Waals surface area (Å²) in [5.41, 5.74) is -2.78. The molecule has 2 aromatic rings. The summed E-state index contributed by atoms with van der Waals surface area (Å²) in [6.45, 7) is 11.7.